The van der Waals surface area contributed by atoms with E-state index in [1.807, 2.05) is 0 Å². The highest BCUT2D eigenvalue weighted by Gasteiger charge is 2.30. The lowest BCUT2D eigenvalue weighted by Crippen LogP contribution is -2.30. The molecule has 96 heavy (non-hydrogen) atoms. The summed E-state index contributed by atoms with van der Waals surface area (Å²) in [7, 11) is -9.91. The van der Waals surface area contributed by atoms with Gasteiger partial charge in [-0.25, -0.2) is 9.13 Å². The minimum atomic E-state index is -4.96. The third-order valence-electron chi connectivity index (χ3n) is 19.0. The summed E-state index contributed by atoms with van der Waals surface area (Å²) in [6.45, 7) is 11.9. The number of aliphatic hydroxyl groups is 1. The molecule has 0 saturated carbocycles. The van der Waals surface area contributed by atoms with Gasteiger partial charge in [0.1, 0.15) is 19.3 Å². The van der Waals surface area contributed by atoms with Crippen LogP contribution in [0.25, 0.3) is 0 Å². The number of rotatable bonds is 75. The van der Waals surface area contributed by atoms with Crippen LogP contribution in [0.4, 0.5) is 0 Å². The van der Waals surface area contributed by atoms with Crippen LogP contribution < -0.4 is 0 Å². The number of hydrogen-bond donors (Lipinski definition) is 3. The van der Waals surface area contributed by atoms with Gasteiger partial charge < -0.3 is 33.8 Å². The average molecular weight is 1410 g/mol. The van der Waals surface area contributed by atoms with Gasteiger partial charge in [0.25, 0.3) is 0 Å². The van der Waals surface area contributed by atoms with Gasteiger partial charge in [-0.2, -0.15) is 0 Å². The lowest BCUT2D eigenvalue weighted by Gasteiger charge is -2.21. The summed E-state index contributed by atoms with van der Waals surface area (Å²) < 4.78 is 68.6. The van der Waals surface area contributed by atoms with E-state index >= 15 is 0 Å². The second-order valence-electron chi connectivity index (χ2n) is 28.5. The van der Waals surface area contributed by atoms with Crippen molar-refractivity contribution in [1.29, 1.82) is 0 Å². The van der Waals surface area contributed by atoms with Crippen molar-refractivity contribution in [2.24, 2.45) is 17.8 Å². The van der Waals surface area contributed by atoms with E-state index in [2.05, 4.69) is 48.5 Å². The maximum atomic E-state index is 13.1. The van der Waals surface area contributed by atoms with Crippen LogP contribution in [-0.4, -0.2) is 96.7 Å². The highest BCUT2D eigenvalue weighted by molar-refractivity contribution is 7.47. The molecule has 5 unspecified atom stereocenters. The van der Waals surface area contributed by atoms with Gasteiger partial charge in [0.2, 0.25) is 0 Å². The number of phosphoric acid groups is 2. The number of carbonyl (C=O) groups is 4. The van der Waals surface area contributed by atoms with E-state index in [1.54, 1.807) is 0 Å². The molecule has 0 aromatic carbocycles. The van der Waals surface area contributed by atoms with E-state index in [1.165, 1.54) is 205 Å². The van der Waals surface area contributed by atoms with Crippen molar-refractivity contribution in [3.8, 4) is 0 Å². The van der Waals surface area contributed by atoms with Crippen LogP contribution >= 0.6 is 15.6 Å². The Hall–Kier alpha value is -1.94. The molecule has 0 aliphatic rings. The van der Waals surface area contributed by atoms with Crippen molar-refractivity contribution < 1.29 is 80.2 Å². The molecule has 3 N–H and O–H groups in total. The minimum absolute atomic E-state index is 0.104. The number of aliphatic hydroxyl groups excluding tert-OH is 1. The van der Waals surface area contributed by atoms with Crippen molar-refractivity contribution in [3.05, 3.63) is 0 Å². The van der Waals surface area contributed by atoms with E-state index in [0.717, 1.165) is 108 Å². The molecular formula is C77H150O17P2. The number of ether oxygens (including phenoxy) is 4. The molecule has 0 aromatic heterocycles. The molecule has 0 spiro atoms. The molecule has 0 aromatic rings. The Morgan fingerprint density at radius 1 is 0.292 bits per heavy atom. The molecular weight excluding hydrogens is 1260 g/mol. The number of unbranched alkanes of at least 4 members (excludes halogenated alkanes) is 40. The van der Waals surface area contributed by atoms with Crippen molar-refractivity contribution >= 4 is 39.5 Å². The first-order valence-electron chi connectivity index (χ1n) is 40.0. The zero-order chi connectivity index (χ0) is 70.9. The van der Waals surface area contributed by atoms with Gasteiger partial charge in [-0.05, 0) is 43.4 Å². The van der Waals surface area contributed by atoms with Gasteiger partial charge in [0, 0.05) is 25.7 Å². The summed E-state index contributed by atoms with van der Waals surface area (Å²) in [5.41, 5.74) is 0. The van der Waals surface area contributed by atoms with E-state index in [0.29, 0.717) is 25.7 Å². The monoisotopic (exact) mass is 1410 g/mol. The molecule has 0 amide bonds. The maximum Gasteiger partial charge on any atom is 0.472 e. The molecule has 8 atom stereocenters. The molecule has 0 fully saturated rings. The van der Waals surface area contributed by atoms with E-state index in [9.17, 15) is 43.2 Å². The molecule has 19 heteroatoms. The Bertz CT molecular complexity index is 1880. The highest BCUT2D eigenvalue weighted by Crippen LogP contribution is 2.45. The number of carbonyl (C=O) groups excluding carboxylic acids is 4. The zero-order valence-electron chi connectivity index (χ0n) is 62.8. The maximum absolute atomic E-state index is 13.1. The molecule has 0 heterocycles. The first-order chi connectivity index (χ1) is 46.3. The molecule has 0 bridgehead atoms. The normalized spacial score (nSPS) is 14.9. The van der Waals surface area contributed by atoms with Crippen LogP contribution in [0.3, 0.4) is 0 Å². The molecule has 0 rings (SSSR count). The topological polar surface area (TPSA) is 237 Å². The van der Waals surface area contributed by atoms with E-state index in [4.69, 9.17) is 37.0 Å². The molecule has 0 radical (unpaired) electrons. The third kappa shape index (κ3) is 66.6. The second kappa shape index (κ2) is 67.5. The van der Waals surface area contributed by atoms with E-state index in [-0.39, 0.29) is 25.7 Å². The largest absolute Gasteiger partial charge is 0.472 e. The van der Waals surface area contributed by atoms with Crippen LogP contribution in [0.1, 0.15) is 395 Å². The van der Waals surface area contributed by atoms with Crippen molar-refractivity contribution in [2.45, 2.75) is 414 Å². The summed E-state index contributed by atoms with van der Waals surface area (Å²) in [4.78, 5) is 72.9. The Labute approximate surface area is 588 Å². The quantitative estimate of drug-likeness (QED) is 0.0222. The summed E-state index contributed by atoms with van der Waals surface area (Å²) in [5, 5.41) is 10.6. The van der Waals surface area contributed by atoms with E-state index < -0.39 is 97.5 Å². The minimum Gasteiger partial charge on any atom is -0.462 e. The van der Waals surface area contributed by atoms with Gasteiger partial charge in [-0.3, -0.25) is 37.3 Å². The predicted molar refractivity (Wildman–Crippen MR) is 391 cm³/mol. The fourth-order valence-electron chi connectivity index (χ4n) is 11.7. The Morgan fingerprint density at radius 2 is 0.500 bits per heavy atom. The average Bonchev–Trinajstić information content (AvgIpc) is 1.90. The lowest BCUT2D eigenvalue weighted by atomic mass is 9.99. The number of phosphoric ester groups is 2. The van der Waals surface area contributed by atoms with Gasteiger partial charge in [0.15, 0.2) is 12.2 Å². The number of esters is 4. The summed E-state index contributed by atoms with van der Waals surface area (Å²) in [5.74, 6) is 0.205. The Kier molecular flexibility index (Phi) is 66.2. The van der Waals surface area contributed by atoms with Gasteiger partial charge >= 0.3 is 39.5 Å². The van der Waals surface area contributed by atoms with Crippen molar-refractivity contribution in [2.75, 3.05) is 39.6 Å². The van der Waals surface area contributed by atoms with Crippen molar-refractivity contribution in [3.63, 3.8) is 0 Å². The van der Waals surface area contributed by atoms with Crippen LogP contribution in [0.5, 0.6) is 0 Å². The zero-order valence-corrected chi connectivity index (χ0v) is 64.6. The fourth-order valence-corrected chi connectivity index (χ4v) is 13.3. The van der Waals surface area contributed by atoms with Crippen LogP contribution in [-0.2, 0) is 65.4 Å². The summed E-state index contributed by atoms with van der Waals surface area (Å²) in [6, 6.07) is 0. The van der Waals surface area contributed by atoms with Gasteiger partial charge in [-0.15, -0.1) is 0 Å². The molecule has 0 aliphatic carbocycles. The van der Waals surface area contributed by atoms with Crippen LogP contribution in [0, 0.1) is 17.8 Å². The smallest absolute Gasteiger partial charge is 0.462 e. The SMILES string of the molecule is CCCCCCCCCCCCCCCCCCCCCCC(=O)O[C@H](COC(=O)CCCCCCCCCCC(C)CC)COP(=O)(O)OC[C@@H](O)COP(=O)(O)OC[C@@H](COC(=O)CCCCCCCCCCC(C)CC)OC(=O)CCCCCCCCCCC(C)CC. The van der Waals surface area contributed by atoms with Crippen LogP contribution in [0.15, 0.2) is 0 Å². The van der Waals surface area contributed by atoms with Crippen LogP contribution in [0.2, 0.25) is 0 Å². The molecule has 17 nitrogen and oxygen atoms in total. The van der Waals surface area contributed by atoms with Gasteiger partial charge in [0.05, 0.1) is 26.4 Å². The second-order valence-corrected chi connectivity index (χ2v) is 31.4. The standard InChI is InChI=1S/C77H150O17P2/c1-8-12-13-14-15-16-17-18-19-20-21-22-23-24-25-26-27-39-46-53-60-76(81)93-72(64-87-74(79)58-51-44-37-31-28-34-41-48-55-68(5)9-2)66-91-95(83,84)89-62-71(78)63-90-96(85,86)92-67-73(94-77(82)61-54-47-40-33-30-36-43-50-57-70(7)11-4)65-88-75(80)59-52-45-38-32-29-35-42-49-56-69(6)10-3/h68-73,78H,8-67H2,1-7H3,(H,83,84)(H,85,86)/t68?,69?,70?,71-,72-,73-/m1/s1. The third-order valence-corrected chi connectivity index (χ3v) is 20.9. The first-order valence-corrected chi connectivity index (χ1v) is 43.0. The lowest BCUT2D eigenvalue weighted by molar-refractivity contribution is -0.161. The Morgan fingerprint density at radius 3 is 0.740 bits per heavy atom. The predicted octanol–water partition coefficient (Wildman–Crippen LogP) is 22.6. The summed E-state index contributed by atoms with van der Waals surface area (Å²) in [6.07, 6.45) is 54.0. The number of hydrogen-bond acceptors (Lipinski definition) is 15. The first kappa shape index (κ1) is 94.1. The molecule has 570 valence electrons. The molecule has 0 saturated heterocycles. The van der Waals surface area contributed by atoms with Crippen molar-refractivity contribution in [1.82, 2.24) is 0 Å². The summed E-state index contributed by atoms with van der Waals surface area (Å²) >= 11 is 0. The fraction of sp³-hybridized carbons (Fsp3) is 0.948. The Balaban J connectivity index is 5.23. The van der Waals surface area contributed by atoms with Gasteiger partial charge in [-0.1, -0.05) is 344 Å². The molecule has 0 aliphatic heterocycles. The highest BCUT2D eigenvalue weighted by atomic mass is 31.2.